The number of nitrogens with two attached hydrogens (primary N) is 1. The summed E-state index contributed by atoms with van der Waals surface area (Å²) in [5.41, 5.74) is 7.52. The Morgan fingerprint density at radius 3 is 2.86 bits per heavy atom. The summed E-state index contributed by atoms with van der Waals surface area (Å²) in [6.45, 7) is 1.75. The van der Waals surface area contributed by atoms with Gasteiger partial charge in [0.15, 0.2) is 0 Å². The van der Waals surface area contributed by atoms with Crippen molar-refractivity contribution in [3.05, 3.63) is 23.8 Å². The minimum absolute atomic E-state index is 0.200. The Morgan fingerprint density at radius 1 is 1.50 bits per heavy atom. The maximum absolute atomic E-state index is 9.18. The molecule has 1 unspecified atom stereocenters. The van der Waals surface area contributed by atoms with Crippen molar-refractivity contribution in [1.82, 2.24) is 0 Å². The van der Waals surface area contributed by atoms with Crippen molar-refractivity contribution in [2.45, 2.75) is 17.9 Å². The standard InChI is InChI=1S/C10H15NO2S/c1-7-9(11)3-2-4-10(7)14-6-8(13)5-12/h2-4,8,12-13H,5-6,11H2,1H3. The van der Waals surface area contributed by atoms with E-state index in [1.54, 1.807) is 0 Å². The molecule has 0 aliphatic rings. The van der Waals surface area contributed by atoms with Crippen molar-refractivity contribution >= 4 is 17.4 Å². The SMILES string of the molecule is Cc1c(N)cccc1SCC(O)CO. The third-order valence-corrected chi connectivity index (χ3v) is 3.27. The second-order valence-electron chi connectivity index (χ2n) is 3.12. The fraction of sp³-hybridized carbons (Fsp3) is 0.400. The summed E-state index contributed by atoms with van der Waals surface area (Å²) in [6.07, 6.45) is -0.666. The molecule has 1 aromatic rings. The van der Waals surface area contributed by atoms with Crippen LogP contribution in [0, 0.1) is 6.92 Å². The van der Waals surface area contributed by atoms with E-state index >= 15 is 0 Å². The molecular weight excluding hydrogens is 198 g/mol. The highest BCUT2D eigenvalue weighted by Gasteiger charge is 2.06. The molecule has 0 aliphatic heterocycles. The van der Waals surface area contributed by atoms with E-state index in [9.17, 15) is 5.11 Å². The van der Waals surface area contributed by atoms with Crippen molar-refractivity contribution in [1.29, 1.82) is 0 Å². The minimum Gasteiger partial charge on any atom is -0.398 e. The van der Waals surface area contributed by atoms with Crippen LogP contribution in [0.4, 0.5) is 5.69 Å². The van der Waals surface area contributed by atoms with E-state index in [0.717, 1.165) is 16.1 Å². The van der Waals surface area contributed by atoms with Gasteiger partial charge in [0.1, 0.15) is 0 Å². The lowest BCUT2D eigenvalue weighted by molar-refractivity contribution is 0.113. The molecule has 0 radical (unpaired) electrons. The van der Waals surface area contributed by atoms with E-state index in [0.29, 0.717) is 5.75 Å². The predicted molar refractivity (Wildman–Crippen MR) is 59.4 cm³/mol. The number of thioether (sulfide) groups is 1. The first-order valence-corrected chi connectivity index (χ1v) is 5.40. The first-order chi connectivity index (χ1) is 6.65. The van der Waals surface area contributed by atoms with Gasteiger partial charge in [-0.1, -0.05) is 6.07 Å². The molecule has 0 amide bonds. The van der Waals surface area contributed by atoms with E-state index in [-0.39, 0.29) is 6.61 Å². The number of nitrogen functional groups attached to an aromatic ring is 1. The first-order valence-electron chi connectivity index (χ1n) is 4.42. The lowest BCUT2D eigenvalue weighted by Gasteiger charge is -2.09. The van der Waals surface area contributed by atoms with Crippen LogP contribution in [0.1, 0.15) is 5.56 Å². The highest BCUT2D eigenvalue weighted by Crippen LogP contribution is 2.26. The molecule has 1 aromatic carbocycles. The lowest BCUT2D eigenvalue weighted by atomic mass is 10.2. The largest absolute Gasteiger partial charge is 0.398 e. The molecule has 1 atom stereocenters. The molecule has 0 heterocycles. The molecule has 14 heavy (non-hydrogen) atoms. The Bertz CT molecular complexity index is 304. The second-order valence-corrected chi connectivity index (χ2v) is 4.18. The average Bonchev–Trinajstić information content (AvgIpc) is 2.20. The molecule has 0 spiro atoms. The molecule has 0 fully saturated rings. The number of hydrogen-bond acceptors (Lipinski definition) is 4. The van der Waals surface area contributed by atoms with Gasteiger partial charge in [-0.2, -0.15) is 0 Å². The summed E-state index contributed by atoms with van der Waals surface area (Å²) in [7, 11) is 0. The van der Waals surface area contributed by atoms with Crippen molar-refractivity contribution in [3.63, 3.8) is 0 Å². The lowest BCUT2D eigenvalue weighted by Crippen LogP contribution is -2.14. The van der Waals surface area contributed by atoms with Gasteiger partial charge in [-0.3, -0.25) is 0 Å². The zero-order valence-electron chi connectivity index (χ0n) is 8.10. The molecule has 0 saturated heterocycles. The zero-order chi connectivity index (χ0) is 10.6. The van der Waals surface area contributed by atoms with Crippen LogP contribution in [-0.2, 0) is 0 Å². The Balaban J connectivity index is 2.63. The molecule has 4 N–H and O–H groups in total. The quantitative estimate of drug-likeness (QED) is 0.516. The Morgan fingerprint density at radius 2 is 2.21 bits per heavy atom. The normalized spacial score (nSPS) is 12.8. The molecule has 0 bridgehead atoms. The summed E-state index contributed by atoms with van der Waals surface area (Å²) in [6, 6.07) is 5.69. The van der Waals surface area contributed by atoms with Crippen molar-refractivity contribution in [2.75, 3.05) is 18.1 Å². The number of aliphatic hydroxyl groups is 2. The maximum Gasteiger partial charge on any atom is 0.0864 e. The van der Waals surface area contributed by atoms with Crippen molar-refractivity contribution in [2.24, 2.45) is 0 Å². The maximum atomic E-state index is 9.18. The fourth-order valence-corrected chi connectivity index (χ4v) is 2.01. The van der Waals surface area contributed by atoms with Gasteiger partial charge in [-0.25, -0.2) is 0 Å². The van der Waals surface area contributed by atoms with Crippen LogP contribution in [0.3, 0.4) is 0 Å². The predicted octanol–water partition coefficient (Wildman–Crippen LogP) is 1.02. The van der Waals surface area contributed by atoms with Gasteiger partial charge in [0, 0.05) is 16.3 Å². The average molecular weight is 213 g/mol. The van der Waals surface area contributed by atoms with Gasteiger partial charge >= 0.3 is 0 Å². The number of benzene rings is 1. The highest BCUT2D eigenvalue weighted by molar-refractivity contribution is 7.99. The summed E-state index contributed by atoms with van der Waals surface area (Å²) in [5, 5.41) is 17.8. The van der Waals surface area contributed by atoms with Crippen LogP contribution in [-0.4, -0.2) is 28.7 Å². The van der Waals surface area contributed by atoms with Crippen LogP contribution in [0.2, 0.25) is 0 Å². The van der Waals surface area contributed by atoms with E-state index in [2.05, 4.69) is 0 Å². The van der Waals surface area contributed by atoms with Crippen molar-refractivity contribution < 1.29 is 10.2 Å². The number of hydrogen-bond donors (Lipinski definition) is 3. The summed E-state index contributed by atoms with van der Waals surface area (Å²) in [4.78, 5) is 1.05. The topological polar surface area (TPSA) is 66.5 Å². The van der Waals surface area contributed by atoms with Gasteiger partial charge in [0.05, 0.1) is 12.7 Å². The molecular formula is C10H15NO2S. The summed E-state index contributed by atoms with van der Waals surface area (Å²) in [5.74, 6) is 0.487. The Hall–Kier alpha value is -0.710. The molecule has 0 saturated carbocycles. The number of aliphatic hydroxyl groups excluding tert-OH is 2. The monoisotopic (exact) mass is 213 g/mol. The van der Waals surface area contributed by atoms with E-state index in [4.69, 9.17) is 10.8 Å². The zero-order valence-corrected chi connectivity index (χ0v) is 8.92. The minimum atomic E-state index is -0.666. The van der Waals surface area contributed by atoms with Crippen molar-refractivity contribution in [3.8, 4) is 0 Å². The molecule has 3 nitrogen and oxygen atoms in total. The Labute approximate surface area is 87.9 Å². The number of anilines is 1. The summed E-state index contributed by atoms with van der Waals surface area (Å²) < 4.78 is 0. The van der Waals surface area contributed by atoms with Crippen LogP contribution < -0.4 is 5.73 Å². The second kappa shape index (κ2) is 5.24. The van der Waals surface area contributed by atoms with Gasteiger partial charge in [-0.15, -0.1) is 11.8 Å². The van der Waals surface area contributed by atoms with Gasteiger partial charge in [0.25, 0.3) is 0 Å². The van der Waals surface area contributed by atoms with Crippen LogP contribution in [0.15, 0.2) is 23.1 Å². The highest BCUT2D eigenvalue weighted by atomic mass is 32.2. The van der Waals surface area contributed by atoms with Crippen LogP contribution >= 0.6 is 11.8 Å². The van der Waals surface area contributed by atoms with Gasteiger partial charge in [0.2, 0.25) is 0 Å². The van der Waals surface area contributed by atoms with Crippen LogP contribution in [0.5, 0.6) is 0 Å². The third-order valence-electron chi connectivity index (χ3n) is 1.97. The molecule has 78 valence electrons. The van der Waals surface area contributed by atoms with E-state index in [1.807, 2.05) is 25.1 Å². The van der Waals surface area contributed by atoms with E-state index in [1.165, 1.54) is 11.8 Å². The molecule has 4 heteroatoms. The summed E-state index contributed by atoms with van der Waals surface area (Å²) >= 11 is 1.50. The van der Waals surface area contributed by atoms with Gasteiger partial charge in [-0.05, 0) is 24.6 Å². The molecule has 0 aliphatic carbocycles. The first kappa shape index (κ1) is 11.4. The Kier molecular flexibility index (Phi) is 4.25. The molecule has 0 aromatic heterocycles. The molecule has 1 rings (SSSR count). The number of rotatable bonds is 4. The van der Waals surface area contributed by atoms with Gasteiger partial charge < -0.3 is 15.9 Å². The smallest absolute Gasteiger partial charge is 0.0864 e. The van der Waals surface area contributed by atoms with Crippen LogP contribution in [0.25, 0.3) is 0 Å². The fourth-order valence-electron chi connectivity index (χ4n) is 1.03. The van der Waals surface area contributed by atoms with E-state index < -0.39 is 6.10 Å². The third kappa shape index (κ3) is 2.90.